The van der Waals surface area contributed by atoms with Gasteiger partial charge in [-0.2, -0.15) is 0 Å². The average Bonchev–Trinajstić information content (AvgIpc) is 2.89. The molecule has 2 nitrogen and oxygen atoms in total. The molecular weight excluding hydrogens is 258 g/mol. The summed E-state index contributed by atoms with van der Waals surface area (Å²) in [5.41, 5.74) is 1.14. The van der Waals surface area contributed by atoms with Crippen LogP contribution in [0, 0.1) is 0 Å². The Hall–Kier alpha value is -1.25. The van der Waals surface area contributed by atoms with E-state index < -0.39 is 0 Å². The zero-order chi connectivity index (χ0) is 13.7. The zero-order valence-electron chi connectivity index (χ0n) is 11.4. The van der Waals surface area contributed by atoms with Crippen LogP contribution < -0.4 is 5.32 Å². The molecule has 1 atom stereocenters. The van der Waals surface area contributed by atoms with Gasteiger partial charge in [-0.1, -0.05) is 43.6 Å². The fourth-order valence-electron chi connectivity index (χ4n) is 2.18. The van der Waals surface area contributed by atoms with Crippen LogP contribution in [-0.4, -0.2) is 6.54 Å². The van der Waals surface area contributed by atoms with Crippen molar-refractivity contribution >= 4 is 11.6 Å². The predicted octanol–water partition coefficient (Wildman–Crippen LogP) is 4.39. The van der Waals surface area contributed by atoms with E-state index in [2.05, 4.69) is 31.3 Å². The first-order valence-electron chi connectivity index (χ1n) is 6.80. The molecule has 2 rings (SSSR count). The number of furan rings is 1. The fraction of sp³-hybridized carbons (Fsp3) is 0.375. The van der Waals surface area contributed by atoms with Gasteiger partial charge in [-0.15, -0.1) is 0 Å². The van der Waals surface area contributed by atoms with Crippen LogP contribution >= 0.6 is 11.6 Å². The van der Waals surface area contributed by atoms with E-state index in [-0.39, 0.29) is 6.04 Å². The van der Waals surface area contributed by atoms with Gasteiger partial charge in [0, 0.05) is 11.4 Å². The molecule has 0 aliphatic rings. The first-order chi connectivity index (χ1) is 9.24. The van der Waals surface area contributed by atoms with E-state index in [0.29, 0.717) is 0 Å². The summed E-state index contributed by atoms with van der Waals surface area (Å²) in [5.74, 6) is 2.01. The van der Waals surface area contributed by atoms with Crippen molar-refractivity contribution in [2.75, 3.05) is 6.54 Å². The first kappa shape index (κ1) is 14.2. The van der Waals surface area contributed by atoms with E-state index in [4.69, 9.17) is 16.0 Å². The lowest BCUT2D eigenvalue weighted by atomic mass is 10.0. The summed E-state index contributed by atoms with van der Waals surface area (Å²) in [7, 11) is 0. The third-order valence-electron chi connectivity index (χ3n) is 3.21. The number of nitrogens with one attached hydrogen (secondary N) is 1. The lowest BCUT2D eigenvalue weighted by Crippen LogP contribution is -2.22. The minimum atomic E-state index is 0.171. The quantitative estimate of drug-likeness (QED) is 0.847. The normalized spacial score (nSPS) is 12.6. The molecule has 1 unspecified atom stereocenters. The van der Waals surface area contributed by atoms with Crippen molar-refractivity contribution < 1.29 is 4.42 Å². The third kappa shape index (κ3) is 3.62. The van der Waals surface area contributed by atoms with E-state index in [1.54, 1.807) is 0 Å². The lowest BCUT2D eigenvalue weighted by Gasteiger charge is -2.16. The fourth-order valence-corrected chi connectivity index (χ4v) is 2.39. The molecule has 3 heteroatoms. The number of hydrogen-bond acceptors (Lipinski definition) is 2. The highest BCUT2D eigenvalue weighted by Gasteiger charge is 2.16. The van der Waals surface area contributed by atoms with Crippen molar-refractivity contribution in [3.05, 3.63) is 58.5 Å². The molecule has 102 valence electrons. The maximum Gasteiger partial charge on any atom is 0.121 e. The number of halogens is 1. The molecule has 0 aliphatic carbocycles. The van der Waals surface area contributed by atoms with Gasteiger partial charge in [-0.05, 0) is 36.7 Å². The van der Waals surface area contributed by atoms with Gasteiger partial charge in [-0.3, -0.25) is 0 Å². The van der Waals surface area contributed by atoms with Gasteiger partial charge in [0.15, 0.2) is 0 Å². The minimum absolute atomic E-state index is 0.171. The van der Waals surface area contributed by atoms with Gasteiger partial charge < -0.3 is 9.73 Å². The Balaban J connectivity index is 2.18. The van der Waals surface area contributed by atoms with E-state index in [0.717, 1.165) is 41.5 Å². The highest BCUT2D eigenvalue weighted by atomic mass is 35.5. The number of aryl methyl sites for hydroxylation is 1. The molecule has 1 aromatic heterocycles. The van der Waals surface area contributed by atoms with Crippen molar-refractivity contribution in [3.63, 3.8) is 0 Å². The third-order valence-corrected chi connectivity index (χ3v) is 3.58. The molecule has 1 heterocycles. The van der Waals surface area contributed by atoms with Crippen molar-refractivity contribution in [3.8, 4) is 0 Å². The van der Waals surface area contributed by atoms with Crippen molar-refractivity contribution in [2.24, 2.45) is 0 Å². The van der Waals surface area contributed by atoms with Crippen LogP contribution in [0.1, 0.15) is 37.0 Å². The van der Waals surface area contributed by atoms with Crippen LogP contribution in [0.5, 0.6) is 0 Å². The van der Waals surface area contributed by atoms with Crippen molar-refractivity contribution in [1.29, 1.82) is 0 Å². The summed E-state index contributed by atoms with van der Waals surface area (Å²) in [6.07, 6.45) is 1.76. The van der Waals surface area contributed by atoms with Gasteiger partial charge in [0.1, 0.15) is 11.5 Å². The van der Waals surface area contributed by atoms with Gasteiger partial charge in [0.05, 0.1) is 6.04 Å². The highest BCUT2D eigenvalue weighted by Crippen LogP contribution is 2.25. The minimum Gasteiger partial charge on any atom is -0.464 e. The molecule has 0 amide bonds. The molecule has 1 N–H and O–H groups in total. The highest BCUT2D eigenvalue weighted by molar-refractivity contribution is 6.31. The molecule has 0 saturated heterocycles. The molecule has 0 fully saturated rings. The summed E-state index contributed by atoms with van der Waals surface area (Å²) in [4.78, 5) is 0. The summed E-state index contributed by atoms with van der Waals surface area (Å²) >= 11 is 6.23. The number of likely N-dealkylation sites (N-methyl/N-ethyl adjacent to an activating group) is 1. The molecule has 0 spiro atoms. The van der Waals surface area contributed by atoms with Crippen molar-refractivity contribution in [2.45, 2.75) is 32.7 Å². The summed E-state index contributed by atoms with van der Waals surface area (Å²) in [6, 6.07) is 12.2. The largest absolute Gasteiger partial charge is 0.464 e. The molecule has 2 aromatic rings. The summed E-state index contributed by atoms with van der Waals surface area (Å²) in [5, 5.41) is 4.27. The second kappa shape index (κ2) is 6.78. The lowest BCUT2D eigenvalue weighted by molar-refractivity contribution is 0.397. The Labute approximate surface area is 119 Å². The van der Waals surface area contributed by atoms with Crippen LogP contribution in [0.25, 0.3) is 0 Å². The average molecular weight is 278 g/mol. The standard InChI is InChI=1S/C16H20ClNO/c1-3-13-9-10-16(19-13)15(18-4-2)11-12-7-5-6-8-14(12)17/h5-10,15,18H,3-4,11H2,1-2H3. The van der Waals surface area contributed by atoms with E-state index in [9.17, 15) is 0 Å². The molecule has 19 heavy (non-hydrogen) atoms. The SMILES string of the molecule is CCNC(Cc1ccccc1Cl)c1ccc(CC)o1. The van der Waals surface area contributed by atoms with Crippen LogP contribution in [0.15, 0.2) is 40.8 Å². The zero-order valence-corrected chi connectivity index (χ0v) is 12.2. The van der Waals surface area contributed by atoms with E-state index in [1.165, 1.54) is 0 Å². The van der Waals surface area contributed by atoms with E-state index >= 15 is 0 Å². The Morgan fingerprint density at radius 2 is 1.95 bits per heavy atom. The first-order valence-corrected chi connectivity index (χ1v) is 7.17. The molecule has 0 radical (unpaired) electrons. The molecule has 1 aromatic carbocycles. The van der Waals surface area contributed by atoms with Gasteiger partial charge in [0.2, 0.25) is 0 Å². The van der Waals surface area contributed by atoms with E-state index in [1.807, 2.05) is 24.3 Å². The van der Waals surface area contributed by atoms with Crippen LogP contribution in [-0.2, 0) is 12.8 Å². The maximum absolute atomic E-state index is 6.23. The number of hydrogen-bond donors (Lipinski definition) is 1. The van der Waals surface area contributed by atoms with Gasteiger partial charge in [0.25, 0.3) is 0 Å². The van der Waals surface area contributed by atoms with Crippen molar-refractivity contribution in [1.82, 2.24) is 5.32 Å². The topological polar surface area (TPSA) is 25.2 Å². The van der Waals surface area contributed by atoms with Gasteiger partial charge >= 0.3 is 0 Å². The summed E-state index contributed by atoms with van der Waals surface area (Å²) in [6.45, 7) is 5.10. The van der Waals surface area contributed by atoms with Crippen LogP contribution in [0.4, 0.5) is 0 Å². The van der Waals surface area contributed by atoms with Crippen LogP contribution in [0.3, 0.4) is 0 Å². The molecule has 0 bridgehead atoms. The Morgan fingerprint density at radius 1 is 1.16 bits per heavy atom. The monoisotopic (exact) mass is 277 g/mol. The maximum atomic E-state index is 6.23. The van der Waals surface area contributed by atoms with Gasteiger partial charge in [-0.25, -0.2) is 0 Å². The molecule has 0 aliphatic heterocycles. The Bertz CT molecular complexity index is 521. The smallest absolute Gasteiger partial charge is 0.121 e. The number of benzene rings is 1. The Kier molecular flexibility index (Phi) is 5.06. The van der Waals surface area contributed by atoms with Crippen LogP contribution in [0.2, 0.25) is 5.02 Å². The molecule has 0 saturated carbocycles. The Morgan fingerprint density at radius 3 is 2.58 bits per heavy atom. The second-order valence-electron chi connectivity index (χ2n) is 4.56. The predicted molar refractivity (Wildman–Crippen MR) is 79.7 cm³/mol. The number of rotatable bonds is 6. The second-order valence-corrected chi connectivity index (χ2v) is 4.97. The molecular formula is C16H20ClNO. The summed E-state index contributed by atoms with van der Waals surface area (Å²) < 4.78 is 5.85.